The molecule has 0 spiro atoms. The molecule has 0 aromatic heterocycles. The SMILES string of the molecule is FC(F)Oc1cc(Cl)c(C(F)(F)F)c(OC(F)(F)F)c1. The van der Waals surface area contributed by atoms with Crippen molar-refractivity contribution in [1.29, 1.82) is 0 Å². The van der Waals surface area contributed by atoms with Crippen LogP contribution >= 0.6 is 11.6 Å². The summed E-state index contributed by atoms with van der Waals surface area (Å²) in [6.07, 6.45) is -10.7. The molecule has 1 aromatic carbocycles. The second-order valence-corrected chi connectivity index (χ2v) is 3.61. The zero-order valence-electron chi connectivity index (χ0n) is 8.95. The van der Waals surface area contributed by atoms with Crippen molar-refractivity contribution >= 4 is 11.6 Å². The predicted octanol–water partition coefficient (Wildman–Crippen LogP) is 4.86. The highest BCUT2D eigenvalue weighted by Crippen LogP contribution is 2.45. The summed E-state index contributed by atoms with van der Waals surface area (Å²) >= 11 is 5.14. The lowest BCUT2D eigenvalue weighted by molar-refractivity contribution is -0.276. The number of ether oxygens (including phenoxy) is 2. The Morgan fingerprint density at radius 3 is 1.95 bits per heavy atom. The molecule has 0 aliphatic heterocycles. The van der Waals surface area contributed by atoms with Gasteiger partial charge >= 0.3 is 19.2 Å². The molecule has 0 unspecified atom stereocenters. The lowest BCUT2D eigenvalue weighted by Gasteiger charge is -2.17. The van der Waals surface area contributed by atoms with Crippen LogP contribution in [0.2, 0.25) is 5.02 Å². The molecule has 11 heteroatoms. The van der Waals surface area contributed by atoms with E-state index in [9.17, 15) is 35.1 Å². The second-order valence-electron chi connectivity index (χ2n) is 3.20. The minimum Gasteiger partial charge on any atom is -0.435 e. The van der Waals surface area contributed by atoms with Crippen LogP contribution in [-0.4, -0.2) is 13.0 Å². The fraction of sp³-hybridized carbons (Fsp3) is 0.333. The minimum absolute atomic E-state index is 0.0222. The first kappa shape index (κ1) is 16.6. The summed E-state index contributed by atoms with van der Waals surface area (Å²) in [6.45, 7) is -3.46. The number of benzene rings is 1. The van der Waals surface area contributed by atoms with Gasteiger partial charge in [-0.2, -0.15) is 22.0 Å². The molecule has 20 heavy (non-hydrogen) atoms. The van der Waals surface area contributed by atoms with Gasteiger partial charge in [-0.3, -0.25) is 0 Å². The van der Waals surface area contributed by atoms with E-state index in [-0.39, 0.29) is 6.07 Å². The van der Waals surface area contributed by atoms with Crippen LogP contribution in [0.3, 0.4) is 0 Å². The second kappa shape index (κ2) is 5.51. The lowest BCUT2D eigenvalue weighted by atomic mass is 10.2. The van der Waals surface area contributed by atoms with Crippen molar-refractivity contribution in [3.63, 3.8) is 0 Å². The third-order valence-corrected chi connectivity index (χ3v) is 2.06. The maximum Gasteiger partial charge on any atom is 0.573 e. The largest absolute Gasteiger partial charge is 0.573 e. The summed E-state index contributed by atoms with van der Waals surface area (Å²) in [7, 11) is 0. The maximum absolute atomic E-state index is 12.6. The first-order valence-corrected chi connectivity index (χ1v) is 4.89. The number of halogens is 9. The highest BCUT2D eigenvalue weighted by molar-refractivity contribution is 6.31. The quantitative estimate of drug-likeness (QED) is 0.737. The van der Waals surface area contributed by atoms with Crippen molar-refractivity contribution < 1.29 is 44.6 Å². The van der Waals surface area contributed by atoms with Crippen LogP contribution in [0.25, 0.3) is 0 Å². The van der Waals surface area contributed by atoms with E-state index in [1.54, 1.807) is 0 Å². The third kappa shape index (κ3) is 4.58. The Bertz CT molecular complexity index is 482. The lowest BCUT2D eigenvalue weighted by Crippen LogP contribution is -2.20. The number of hydrogen-bond donors (Lipinski definition) is 0. The van der Waals surface area contributed by atoms with E-state index in [2.05, 4.69) is 9.47 Å². The maximum atomic E-state index is 12.6. The number of rotatable bonds is 3. The summed E-state index contributed by atoms with van der Waals surface area (Å²) < 4.78 is 104. The van der Waals surface area contributed by atoms with Crippen LogP contribution in [0.1, 0.15) is 5.56 Å². The molecule has 0 aliphatic rings. The monoisotopic (exact) mass is 330 g/mol. The van der Waals surface area contributed by atoms with E-state index in [0.29, 0.717) is 6.07 Å². The molecule has 1 rings (SSSR count). The van der Waals surface area contributed by atoms with E-state index in [1.807, 2.05) is 0 Å². The van der Waals surface area contributed by atoms with Crippen LogP contribution in [0.15, 0.2) is 12.1 Å². The van der Waals surface area contributed by atoms with Crippen molar-refractivity contribution in [3.05, 3.63) is 22.7 Å². The van der Waals surface area contributed by atoms with Crippen molar-refractivity contribution in [2.75, 3.05) is 0 Å². The van der Waals surface area contributed by atoms with Gasteiger partial charge in [0.1, 0.15) is 17.1 Å². The van der Waals surface area contributed by atoms with E-state index in [4.69, 9.17) is 11.6 Å². The first-order chi connectivity index (χ1) is 8.90. The van der Waals surface area contributed by atoms with Crippen molar-refractivity contribution in [2.45, 2.75) is 19.2 Å². The Labute approximate surface area is 110 Å². The molecular formula is C9H3ClF8O2. The van der Waals surface area contributed by atoms with E-state index >= 15 is 0 Å². The standard InChI is InChI=1S/C9H3ClF8O2/c10-4-1-3(19-7(11)12)2-5(20-9(16,17)18)6(4)8(13,14)15/h1-2,7H. The van der Waals surface area contributed by atoms with Gasteiger partial charge in [0.25, 0.3) is 0 Å². The number of alkyl halides is 8. The van der Waals surface area contributed by atoms with E-state index < -0.39 is 41.2 Å². The first-order valence-electron chi connectivity index (χ1n) is 4.51. The Morgan fingerprint density at radius 1 is 1.00 bits per heavy atom. The molecule has 1 aromatic rings. The van der Waals surface area contributed by atoms with Gasteiger partial charge in [-0.25, -0.2) is 0 Å². The summed E-state index contributed by atoms with van der Waals surface area (Å²) in [4.78, 5) is 0. The van der Waals surface area contributed by atoms with Crippen LogP contribution in [0.5, 0.6) is 11.5 Å². The molecule has 0 amide bonds. The number of hydrogen-bond acceptors (Lipinski definition) is 2. The third-order valence-electron chi connectivity index (χ3n) is 1.76. The summed E-state index contributed by atoms with van der Waals surface area (Å²) in [5.41, 5.74) is -1.95. The molecule has 0 atom stereocenters. The summed E-state index contributed by atoms with van der Waals surface area (Å²) in [5, 5.41) is -1.27. The Balaban J connectivity index is 3.36. The normalized spacial score (nSPS) is 12.7. The average molecular weight is 331 g/mol. The van der Waals surface area contributed by atoms with Crippen LogP contribution < -0.4 is 9.47 Å². The van der Waals surface area contributed by atoms with E-state index in [0.717, 1.165) is 0 Å². The smallest absolute Gasteiger partial charge is 0.435 e. The Morgan fingerprint density at radius 2 is 1.55 bits per heavy atom. The van der Waals surface area contributed by atoms with Crippen LogP contribution in [-0.2, 0) is 6.18 Å². The molecule has 0 fully saturated rings. The highest BCUT2D eigenvalue weighted by atomic mass is 35.5. The zero-order chi connectivity index (χ0) is 15.7. The predicted molar refractivity (Wildman–Crippen MR) is 49.8 cm³/mol. The van der Waals surface area contributed by atoms with Crippen molar-refractivity contribution in [2.24, 2.45) is 0 Å². The molecule has 0 aliphatic carbocycles. The fourth-order valence-corrected chi connectivity index (χ4v) is 1.52. The Kier molecular flexibility index (Phi) is 4.57. The summed E-state index contributed by atoms with van der Waals surface area (Å²) in [6, 6.07) is 0.328. The van der Waals surface area contributed by atoms with Gasteiger partial charge in [-0.15, -0.1) is 13.2 Å². The van der Waals surface area contributed by atoms with Crippen LogP contribution in [0.4, 0.5) is 35.1 Å². The minimum atomic E-state index is -5.47. The molecule has 0 saturated heterocycles. The molecule has 0 heterocycles. The Hall–Kier alpha value is -1.45. The van der Waals surface area contributed by atoms with Gasteiger partial charge < -0.3 is 9.47 Å². The van der Waals surface area contributed by atoms with Crippen molar-refractivity contribution in [1.82, 2.24) is 0 Å². The molecule has 0 bridgehead atoms. The molecule has 0 N–H and O–H groups in total. The van der Waals surface area contributed by atoms with Gasteiger partial charge in [0.05, 0.1) is 5.02 Å². The van der Waals surface area contributed by atoms with Gasteiger partial charge in [-0.05, 0) is 6.07 Å². The van der Waals surface area contributed by atoms with Gasteiger partial charge in [0, 0.05) is 6.07 Å². The average Bonchev–Trinajstić information content (AvgIpc) is 2.08. The molecule has 0 radical (unpaired) electrons. The van der Waals surface area contributed by atoms with Gasteiger partial charge in [-0.1, -0.05) is 11.6 Å². The topological polar surface area (TPSA) is 18.5 Å². The molecular weight excluding hydrogens is 328 g/mol. The molecule has 114 valence electrons. The van der Waals surface area contributed by atoms with Gasteiger partial charge in [0.15, 0.2) is 0 Å². The zero-order valence-corrected chi connectivity index (χ0v) is 9.71. The molecule has 2 nitrogen and oxygen atoms in total. The van der Waals surface area contributed by atoms with Crippen LogP contribution in [0, 0.1) is 0 Å². The van der Waals surface area contributed by atoms with Crippen molar-refractivity contribution in [3.8, 4) is 11.5 Å². The highest BCUT2D eigenvalue weighted by Gasteiger charge is 2.41. The molecule has 0 saturated carbocycles. The van der Waals surface area contributed by atoms with E-state index in [1.165, 1.54) is 0 Å². The summed E-state index contributed by atoms with van der Waals surface area (Å²) in [5.74, 6) is -2.79. The fourth-order valence-electron chi connectivity index (χ4n) is 1.21. The van der Waals surface area contributed by atoms with Gasteiger partial charge in [0.2, 0.25) is 0 Å².